The van der Waals surface area contributed by atoms with Gasteiger partial charge in [0.05, 0.1) is 27.1 Å². The standard InChI is InChI=1S/C23H25ClN4O4S/c1-5-10-28-22(16-6-8-17(24)9-7-16)26-27-23(28)33-14-20(29)25-13-15-11-18(30-2)21(32-4)19(12-15)31-3/h5-9,11-12H,1,10,13-14H2,2-4H3,(H,25,29). The lowest BCUT2D eigenvalue weighted by Gasteiger charge is -2.14. The van der Waals surface area contributed by atoms with Crippen molar-refractivity contribution in [3.63, 3.8) is 0 Å². The maximum absolute atomic E-state index is 12.5. The molecule has 174 valence electrons. The Morgan fingerprint density at radius 3 is 2.36 bits per heavy atom. The summed E-state index contributed by atoms with van der Waals surface area (Å²) in [5.74, 6) is 2.29. The zero-order valence-corrected chi connectivity index (χ0v) is 20.2. The molecular formula is C23H25ClN4O4S. The molecule has 1 N–H and O–H groups in total. The van der Waals surface area contributed by atoms with E-state index in [1.165, 1.54) is 11.8 Å². The number of halogens is 1. The second-order valence-corrected chi connectivity index (χ2v) is 8.19. The van der Waals surface area contributed by atoms with E-state index in [1.54, 1.807) is 51.7 Å². The number of methoxy groups -OCH3 is 3. The molecule has 0 radical (unpaired) electrons. The Labute approximate surface area is 201 Å². The van der Waals surface area contributed by atoms with E-state index in [4.69, 9.17) is 25.8 Å². The summed E-state index contributed by atoms with van der Waals surface area (Å²) in [7, 11) is 4.64. The number of carbonyl (C=O) groups excluding carboxylic acids is 1. The zero-order valence-electron chi connectivity index (χ0n) is 18.6. The average Bonchev–Trinajstić information content (AvgIpc) is 3.23. The van der Waals surface area contributed by atoms with Crippen LogP contribution >= 0.6 is 23.4 Å². The number of aromatic nitrogens is 3. The summed E-state index contributed by atoms with van der Waals surface area (Å²) >= 11 is 7.29. The van der Waals surface area contributed by atoms with Crippen molar-refractivity contribution in [3.8, 4) is 28.6 Å². The molecule has 0 aliphatic carbocycles. The molecule has 10 heteroatoms. The summed E-state index contributed by atoms with van der Waals surface area (Å²) in [6.07, 6.45) is 1.76. The Balaban J connectivity index is 1.65. The summed E-state index contributed by atoms with van der Waals surface area (Å²) in [5.41, 5.74) is 1.70. The molecule has 0 spiro atoms. The van der Waals surface area contributed by atoms with E-state index in [-0.39, 0.29) is 11.7 Å². The van der Waals surface area contributed by atoms with Crippen LogP contribution in [0.4, 0.5) is 0 Å². The molecule has 0 unspecified atom stereocenters. The van der Waals surface area contributed by atoms with Crippen LogP contribution < -0.4 is 19.5 Å². The van der Waals surface area contributed by atoms with Gasteiger partial charge >= 0.3 is 0 Å². The van der Waals surface area contributed by atoms with Crippen molar-refractivity contribution in [2.75, 3.05) is 27.1 Å². The number of hydrogen-bond acceptors (Lipinski definition) is 7. The molecule has 3 rings (SSSR count). The van der Waals surface area contributed by atoms with Crippen molar-refractivity contribution in [3.05, 3.63) is 59.6 Å². The van der Waals surface area contributed by atoms with Gasteiger partial charge in [-0.15, -0.1) is 16.8 Å². The largest absolute Gasteiger partial charge is 0.493 e. The topological polar surface area (TPSA) is 87.5 Å². The molecule has 0 saturated heterocycles. The van der Waals surface area contributed by atoms with Gasteiger partial charge in [-0.2, -0.15) is 0 Å². The van der Waals surface area contributed by atoms with E-state index < -0.39 is 0 Å². The van der Waals surface area contributed by atoms with Gasteiger partial charge in [-0.25, -0.2) is 0 Å². The molecule has 3 aromatic rings. The third kappa shape index (κ3) is 6.00. The summed E-state index contributed by atoms with van der Waals surface area (Å²) in [6, 6.07) is 11.0. The maximum Gasteiger partial charge on any atom is 0.230 e. The second-order valence-electron chi connectivity index (χ2n) is 6.81. The number of carbonyl (C=O) groups is 1. The number of nitrogens with zero attached hydrogens (tertiary/aromatic N) is 3. The van der Waals surface area contributed by atoms with Crippen LogP contribution in [0.1, 0.15) is 5.56 Å². The molecule has 0 aliphatic heterocycles. The molecule has 0 fully saturated rings. The van der Waals surface area contributed by atoms with Gasteiger partial charge in [0, 0.05) is 23.7 Å². The maximum atomic E-state index is 12.5. The molecule has 2 aromatic carbocycles. The van der Waals surface area contributed by atoms with Crippen LogP contribution in [0.25, 0.3) is 11.4 Å². The van der Waals surface area contributed by atoms with Gasteiger partial charge in [0.15, 0.2) is 22.5 Å². The molecule has 33 heavy (non-hydrogen) atoms. The lowest BCUT2D eigenvalue weighted by atomic mass is 10.2. The van der Waals surface area contributed by atoms with Gasteiger partial charge in [0.2, 0.25) is 11.7 Å². The third-order valence-corrected chi connectivity index (χ3v) is 5.90. The lowest BCUT2D eigenvalue weighted by molar-refractivity contribution is -0.118. The smallest absolute Gasteiger partial charge is 0.230 e. The van der Waals surface area contributed by atoms with E-state index in [9.17, 15) is 4.79 Å². The van der Waals surface area contributed by atoms with E-state index in [2.05, 4.69) is 22.1 Å². The number of hydrogen-bond donors (Lipinski definition) is 1. The molecule has 1 heterocycles. The Bertz CT molecular complexity index is 1090. The number of amides is 1. The average molecular weight is 489 g/mol. The van der Waals surface area contributed by atoms with Gasteiger partial charge in [0.1, 0.15) is 0 Å². The Morgan fingerprint density at radius 1 is 1.12 bits per heavy atom. The number of allylic oxidation sites excluding steroid dienone is 1. The summed E-state index contributed by atoms with van der Waals surface area (Å²) in [4.78, 5) is 12.5. The Morgan fingerprint density at radius 2 is 1.79 bits per heavy atom. The number of benzene rings is 2. The first kappa shape index (κ1) is 24.5. The van der Waals surface area contributed by atoms with Crippen LogP contribution in [0.5, 0.6) is 17.2 Å². The van der Waals surface area contributed by atoms with Gasteiger partial charge in [0.25, 0.3) is 0 Å². The van der Waals surface area contributed by atoms with E-state index in [0.29, 0.717) is 46.3 Å². The molecule has 1 aromatic heterocycles. The van der Waals surface area contributed by atoms with Crippen LogP contribution in [-0.2, 0) is 17.9 Å². The SMILES string of the molecule is C=CCn1c(SCC(=O)NCc2cc(OC)c(OC)c(OC)c2)nnc1-c1ccc(Cl)cc1. The van der Waals surface area contributed by atoms with Gasteiger partial charge in [-0.1, -0.05) is 29.4 Å². The molecule has 1 amide bonds. The molecule has 0 atom stereocenters. The minimum Gasteiger partial charge on any atom is -0.493 e. The predicted octanol–water partition coefficient (Wildman–Crippen LogP) is 4.22. The zero-order chi connectivity index (χ0) is 23.8. The first-order valence-corrected chi connectivity index (χ1v) is 11.4. The van der Waals surface area contributed by atoms with Crippen molar-refractivity contribution in [1.29, 1.82) is 0 Å². The first-order chi connectivity index (χ1) is 16.0. The van der Waals surface area contributed by atoms with Crippen molar-refractivity contribution >= 4 is 29.3 Å². The van der Waals surface area contributed by atoms with E-state index in [0.717, 1.165) is 11.1 Å². The summed E-state index contributed by atoms with van der Waals surface area (Å²) in [5, 5.41) is 12.7. The monoisotopic (exact) mass is 488 g/mol. The second kappa shape index (κ2) is 11.6. The molecule has 0 bridgehead atoms. The quantitative estimate of drug-likeness (QED) is 0.319. The van der Waals surface area contributed by atoms with Crippen molar-refractivity contribution < 1.29 is 19.0 Å². The third-order valence-electron chi connectivity index (χ3n) is 4.68. The van der Waals surface area contributed by atoms with Crippen molar-refractivity contribution in [2.24, 2.45) is 0 Å². The normalized spacial score (nSPS) is 10.5. The Kier molecular flexibility index (Phi) is 8.62. The fourth-order valence-corrected chi connectivity index (χ4v) is 4.02. The highest BCUT2D eigenvalue weighted by Gasteiger charge is 2.16. The van der Waals surface area contributed by atoms with E-state index in [1.807, 2.05) is 16.7 Å². The number of rotatable bonds is 11. The fraction of sp³-hybridized carbons (Fsp3) is 0.261. The number of ether oxygens (including phenoxy) is 3. The molecule has 0 aliphatic rings. The minimum atomic E-state index is -0.144. The lowest BCUT2D eigenvalue weighted by Crippen LogP contribution is -2.24. The minimum absolute atomic E-state index is 0.144. The highest BCUT2D eigenvalue weighted by Crippen LogP contribution is 2.38. The van der Waals surface area contributed by atoms with Crippen LogP contribution in [0, 0.1) is 0 Å². The molecule has 8 nitrogen and oxygen atoms in total. The van der Waals surface area contributed by atoms with Gasteiger partial charge < -0.3 is 19.5 Å². The summed E-state index contributed by atoms with van der Waals surface area (Å²) < 4.78 is 18.0. The van der Waals surface area contributed by atoms with Gasteiger partial charge in [-0.05, 0) is 42.0 Å². The first-order valence-electron chi connectivity index (χ1n) is 9.99. The molecule has 0 saturated carbocycles. The van der Waals surface area contributed by atoms with Crippen LogP contribution in [0.3, 0.4) is 0 Å². The van der Waals surface area contributed by atoms with Crippen molar-refractivity contribution in [2.45, 2.75) is 18.2 Å². The van der Waals surface area contributed by atoms with E-state index >= 15 is 0 Å². The van der Waals surface area contributed by atoms with Crippen LogP contribution in [0.15, 0.2) is 54.2 Å². The Hall–Kier alpha value is -3.17. The highest BCUT2D eigenvalue weighted by atomic mass is 35.5. The highest BCUT2D eigenvalue weighted by molar-refractivity contribution is 7.99. The summed E-state index contributed by atoms with van der Waals surface area (Å²) in [6.45, 7) is 4.63. The van der Waals surface area contributed by atoms with Crippen LogP contribution in [0.2, 0.25) is 5.02 Å². The van der Waals surface area contributed by atoms with Crippen LogP contribution in [-0.4, -0.2) is 47.8 Å². The molecular weight excluding hydrogens is 464 g/mol. The number of nitrogens with one attached hydrogen (secondary N) is 1. The van der Waals surface area contributed by atoms with Gasteiger partial charge in [-0.3, -0.25) is 9.36 Å². The fourth-order valence-electron chi connectivity index (χ4n) is 3.12. The number of thioether (sulfide) groups is 1. The van der Waals surface area contributed by atoms with Crippen molar-refractivity contribution in [1.82, 2.24) is 20.1 Å². The predicted molar refractivity (Wildman–Crippen MR) is 129 cm³/mol.